The molecule has 0 fully saturated rings. The van der Waals surface area contributed by atoms with Crippen LogP contribution in [0.4, 0.5) is 0 Å². The zero-order valence-electron chi connectivity index (χ0n) is 9.88. The van der Waals surface area contributed by atoms with Gasteiger partial charge in [-0.2, -0.15) is 4.99 Å². The fraction of sp³-hybridized carbons (Fsp3) is 0.0769. The average Bonchev–Trinajstić information content (AvgIpc) is 2.38. The van der Waals surface area contributed by atoms with Crippen LogP contribution in [0.3, 0.4) is 0 Å². The van der Waals surface area contributed by atoms with Crippen molar-refractivity contribution >= 4 is 22.6 Å². The monoisotopic (exact) mass is 243 g/mol. The summed E-state index contributed by atoms with van der Waals surface area (Å²) in [6.07, 6.45) is 0. The SMILES string of the molecule is CONC(N)=NC(=O)c1cccc2ccccc12. The number of hydroxylamine groups is 1. The number of hydrogen-bond acceptors (Lipinski definition) is 2. The maximum atomic E-state index is 12.0. The Morgan fingerprint density at radius 1 is 1.22 bits per heavy atom. The zero-order chi connectivity index (χ0) is 13.0. The molecule has 1 amide bonds. The largest absolute Gasteiger partial charge is 0.368 e. The lowest BCUT2D eigenvalue weighted by atomic mass is 10.0. The number of nitrogens with two attached hydrogens (primary N) is 1. The number of carbonyl (C=O) groups is 1. The van der Waals surface area contributed by atoms with Gasteiger partial charge >= 0.3 is 0 Å². The highest BCUT2D eigenvalue weighted by atomic mass is 16.6. The number of nitrogens with zero attached hydrogens (tertiary/aromatic N) is 1. The Morgan fingerprint density at radius 2 is 1.94 bits per heavy atom. The van der Waals surface area contributed by atoms with Gasteiger partial charge in [0.15, 0.2) is 0 Å². The predicted molar refractivity (Wildman–Crippen MR) is 70.0 cm³/mol. The number of hydrogen-bond donors (Lipinski definition) is 2. The fourth-order valence-corrected chi connectivity index (χ4v) is 1.71. The van der Waals surface area contributed by atoms with Crippen molar-refractivity contribution in [3.05, 3.63) is 48.0 Å². The number of guanidine groups is 1. The molecule has 0 spiro atoms. The zero-order valence-corrected chi connectivity index (χ0v) is 9.88. The Hall–Kier alpha value is -2.40. The van der Waals surface area contributed by atoms with Gasteiger partial charge in [-0.1, -0.05) is 36.4 Å². The van der Waals surface area contributed by atoms with Gasteiger partial charge in [0.25, 0.3) is 5.91 Å². The van der Waals surface area contributed by atoms with Crippen LogP contribution >= 0.6 is 0 Å². The van der Waals surface area contributed by atoms with Gasteiger partial charge in [0.05, 0.1) is 7.11 Å². The minimum atomic E-state index is -0.408. The molecule has 92 valence electrons. The molecule has 2 aromatic rings. The summed E-state index contributed by atoms with van der Waals surface area (Å²) in [4.78, 5) is 20.3. The molecule has 0 aromatic heterocycles. The molecule has 0 aliphatic carbocycles. The average molecular weight is 243 g/mol. The number of carbonyl (C=O) groups excluding carboxylic acids is 1. The maximum absolute atomic E-state index is 12.0. The molecule has 0 heterocycles. The third kappa shape index (κ3) is 2.46. The Balaban J connectivity index is 2.42. The third-order valence-electron chi connectivity index (χ3n) is 2.45. The van der Waals surface area contributed by atoms with E-state index in [1.807, 2.05) is 36.4 Å². The number of aliphatic imine (C=N–C) groups is 1. The van der Waals surface area contributed by atoms with Crippen molar-refractivity contribution in [1.82, 2.24) is 5.48 Å². The van der Waals surface area contributed by atoms with Crippen LogP contribution < -0.4 is 11.2 Å². The van der Waals surface area contributed by atoms with Crippen LogP contribution in [0.15, 0.2) is 47.5 Å². The first kappa shape index (κ1) is 12.1. The molecule has 3 N–H and O–H groups in total. The van der Waals surface area contributed by atoms with E-state index < -0.39 is 5.91 Å². The van der Waals surface area contributed by atoms with Gasteiger partial charge in [0.2, 0.25) is 5.96 Å². The molecule has 0 radical (unpaired) electrons. The van der Waals surface area contributed by atoms with E-state index in [1.54, 1.807) is 6.07 Å². The van der Waals surface area contributed by atoms with E-state index >= 15 is 0 Å². The number of nitrogens with one attached hydrogen (secondary N) is 1. The lowest BCUT2D eigenvalue weighted by Gasteiger charge is -2.04. The fourth-order valence-electron chi connectivity index (χ4n) is 1.71. The lowest BCUT2D eigenvalue weighted by Crippen LogP contribution is -2.31. The molecule has 0 saturated carbocycles. The van der Waals surface area contributed by atoms with Crippen LogP contribution in [0.5, 0.6) is 0 Å². The summed E-state index contributed by atoms with van der Waals surface area (Å²) < 4.78 is 0. The van der Waals surface area contributed by atoms with Gasteiger partial charge < -0.3 is 5.73 Å². The van der Waals surface area contributed by atoms with Crippen molar-refractivity contribution in [3.8, 4) is 0 Å². The Bertz CT molecular complexity index is 603. The van der Waals surface area contributed by atoms with Crippen molar-refractivity contribution in [1.29, 1.82) is 0 Å². The van der Waals surface area contributed by atoms with Crippen molar-refractivity contribution < 1.29 is 9.63 Å². The standard InChI is InChI=1S/C13H13N3O2/c1-18-16-13(14)15-12(17)11-8-4-6-9-5-2-3-7-10(9)11/h2-8H,1H3,(H3,14,15,16,17). The van der Waals surface area contributed by atoms with Crippen LogP contribution in [0.2, 0.25) is 0 Å². The molecular weight excluding hydrogens is 230 g/mol. The highest BCUT2D eigenvalue weighted by Gasteiger charge is 2.09. The minimum Gasteiger partial charge on any atom is -0.368 e. The second kappa shape index (κ2) is 5.29. The maximum Gasteiger partial charge on any atom is 0.280 e. The quantitative estimate of drug-likeness (QED) is 0.475. The topological polar surface area (TPSA) is 76.7 Å². The number of benzene rings is 2. The first-order chi connectivity index (χ1) is 8.72. The summed E-state index contributed by atoms with van der Waals surface area (Å²) in [5.74, 6) is -0.482. The molecule has 0 aliphatic heterocycles. The molecule has 0 saturated heterocycles. The van der Waals surface area contributed by atoms with E-state index in [0.717, 1.165) is 10.8 Å². The summed E-state index contributed by atoms with van der Waals surface area (Å²) >= 11 is 0. The highest BCUT2D eigenvalue weighted by Crippen LogP contribution is 2.19. The summed E-state index contributed by atoms with van der Waals surface area (Å²) in [6.45, 7) is 0. The summed E-state index contributed by atoms with van der Waals surface area (Å²) in [5, 5.41) is 1.83. The third-order valence-corrected chi connectivity index (χ3v) is 2.45. The van der Waals surface area contributed by atoms with Crippen LogP contribution in [-0.4, -0.2) is 19.0 Å². The molecule has 0 bridgehead atoms. The van der Waals surface area contributed by atoms with Gasteiger partial charge in [-0.25, -0.2) is 5.48 Å². The van der Waals surface area contributed by atoms with Crippen LogP contribution in [0.25, 0.3) is 10.8 Å². The number of amides is 1. The van der Waals surface area contributed by atoms with Gasteiger partial charge in [-0.3, -0.25) is 9.63 Å². The van der Waals surface area contributed by atoms with Crippen molar-refractivity contribution in [2.24, 2.45) is 10.7 Å². The van der Waals surface area contributed by atoms with Gasteiger partial charge in [0, 0.05) is 5.56 Å². The van der Waals surface area contributed by atoms with E-state index in [-0.39, 0.29) is 5.96 Å². The molecular formula is C13H13N3O2. The highest BCUT2D eigenvalue weighted by molar-refractivity contribution is 6.10. The van der Waals surface area contributed by atoms with E-state index in [0.29, 0.717) is 5.56 Å². The van der Waals surface area contributed by atoms with Crippen molar-refractivity contribution in [2.75, 3.05) is 7.11 Å². The van der Waals surface area contributed by atoms with E-state index in [4.69, 9.17) is 5.73 Å². The van der Waals surface area contributed by atoms with Crippen LogP contribution in [-0.2, 0) is 4.84 Å². The summed E-state index contributed by atoms with van der Waals surface area (Å²) in [6, 6.07) is 13.1. The van der Waals surface area contributed by atoms with Crippen molar-refractivity contribution in [2.45, 2.75) is 0 Å². The van der Waals surface area contributed by atoms with Gasteiger partial charge in [-0.15, -0.1) is 0 Å². The molecule has 0 atom stereocenters. The van der Waals surface area contributed by atoms with Crippen LogP contribution in [0.1, 0.15) is 10.4 Å². The molecule has 0 unspecified atom stereocenters. The first-order valence-corrected chi connectivity index (χ1v) is 5.37. The van der Waals surface area contributed by atoms with Gasteiger partial charge in [0.1, 0.15) is 0 Å². The summed E-state index contributed by atoms with van der Waals surface area (Å²) in [7, 11) is 1.39. The molecule has 2 rings (SSSR count). The van der Waals surface area contributed by atoms with E-state index in [9.17, 15) is 4.79 Å². The molecule has 5 heteroatoms. The Kier molecular flexibility index (Phi) is 3.54. The normalized spacial score (nSPS) is 11.5. The molecule has 18 heavy (non-hydrogen) atoms. The Labute approximate surface area is 104 Å². The Morgan fingerprint density at radius 3 is 2.72 bits per heavy atom. The van der Waals surface area contributed by atoms with Gasteiger partial charge in [-0.05, 0) is 16.8 Å². The number of rotatable bonds is 2. The second-order valence-corrected chi connectivity index (χ2v) is 3.64. The van der Waals surface area contributed by atoms with E-state index in [2.05, 4.69) is 15.3 Å². The van der Waals surface area contributed by atoms with Crippen LogP contribution in [0, 0.1) is 0 Å². The first-order valence-electron chi connectivity index (χ1n) is 5.37. The predicted octanol–water partition coefficient (Wildman–Crippen LogP) is 1.45. The smallest absolute Gasteiger partial charge is 0.280 e. The lowest BCUT2D eigenvalue weighted by molar-refractivity contribution is 0.0997. The van der Waals surface area contributed by atoms with Crippen molar-refractivity contribution in [3.63, 3.8) is 0 Å². The summed E-state index contributed by atoms with van der Waals surface area (Å²) in [5.41, 5.74) is 8.27. The molecule has 2 aromatic carbocycles. The second-order valence-electron chi connectivity index (χ2n) is 3.64. The minimum absolute atomic E-state index is 0.0737. The van der Waals surface area contributed by atoms with E-state index in [1.165, 1.54) is 7.11 Å². The number of fused-ring (bicyclic) bond motifs is 1. The molecule has 0 aliphatic rings. The molecule has 5 nitrogen and oxygen atoms in total.